The van der Waals surface area contributed by atoms with Crippen molar-refractivity contribution in [1.82, 2.24) is 5.32 Å². The summed E-state index contributed by atoms with van der Waals surface area (Å²) in [5.74, 6) is -0.132. The number of carbonyl (C=O) groups is 2. The maximum absolute atomic E-state index is 13.6. The van der Waals surface area contributed by atoms with Gasteiger partial charge in [0.2, 0.25) is 0 Å². The number of ether oxygens (including phenoxy) is 1. The molecule has 1 aliphatic heterocycles. The Balaban J connectivity index is 1.58. The van der Waals surface area contributed by atoms with Crippen LogP contribution in [0.25, 0.3) is 11.0 Å². The van der Waals surface area contributed by atoms with Crippen molar-refractivity contribution in [3.63, 3.8) is 0 Å². The van der Waals surface area contributed by atoms with E-state index < -0.39 is 17.5 Å². The summed E-state index contributed by atoms with van der Waals surface area (Å²) in [6.07, 6.45) is 1.39. The molecule has 2 heterocycles. The molecule has 0 aliphatic carbocycles. The molecule has 1 aromatic heterocycles. The molecule has 2 amide bonds. The number of hydrogen-bond acceptors (Lipinski definition) is 5. The van der Waals surface area contributed by atoms with E-state index in [0.717, 1.165) is 5.56 Å². The first kappa shape index (κ1) is 22.4. The lowest BCUT2D eigenvalue weighted by atomic mass is 9.75. The lowest BCUT2D eigenvalue weighted by molar-refractivity contribution is -0.133. The van der Waals surface area contributed by atoms with Crippen molar-refractivity contribution < 1.29 is 18.7 Å². The number of methoxy groups -OCH3 is 1. The zero-order valence-corrected chi connectivity index (χ0v) is 19.6. The summed E-state index contributed by atoms with van der Waals surface area (Å²) in [5, 5.41) is 3.29. The Morgan fingerprint density at radius 3 is 2.37 bits per heavy atom. The normalized spacial score (nSPS) is 19.3. The van der Waals surface area contributed by atoms with Crippen LogP contribution in [0.2, 0.25) is 0 Å². The van der Waals surface area contributed by atoms with E-state index >= 15 is 0 Å². The Kier molecular flexibility index (Phi) is 5.40. The predicted octanol–water partition coefficient (Wildman–Crippen LogP) is 4.39. The minimum Gasteiger partial charge on any atom is -0.497 e. The maximum atomic E-state index is 13.6. The molecule has 3 aromatic carbocycles. The highest BCUT2D eigenvalue weighted by Gasteiger charge is 2.60. The highest BCUT2D eigenvalue weighted by molar-refractivity contribution is 6.12. The van der Waals surface area contributed by atoms with Crippen molar-refractivity contribution in [3.05, 3.63) is 106 Å². The Morgan fingerprint density at radius 2 is 1.69 bits per heavy atom. The van der Waals surface area contributed by atoms with Crippen LogP contribution in [-0.2, 0) is 4.79 Å². The molecule has 2 atom stereocenters. The van der Waals surface area contributed by atoms with E-state index in [1.165, 1.54) is 11.2 Å². The average Bonchev–Trinajstić information content (AvgIpc) is 2.88. The molecule has 4 aromatic rings. The molecular formula is C28H24N2O5. The van der Waals surface area contributed by atoms with Crippen LogP contribution >= 0.6 is 0 Å². The number of amides is 2. The number of carbonyl (C=O) groups excluding carboxylic acids is 2. The van der Waals surface area contributed by atoms with Crippen LogP contribution < -0.4 is 20.4 Å². The molecule has 7 heteroatoms. The van der Waals surface area contributed by atoms with Crippen LogP contribution in [-0.4, -0.2) is 24.5 Å². The number of nitrogens with zero attached hydrogens (tertiary/aromatic N) is 1. The average molecular weight is 469 g/mol. The van der Waals surface area contributed by atoms with Crippen LogP contribution in [0, 0.1) is 6.92 Å². The van der Waals surface area contributed by atoms with Crippen molar-refractivity contribution in [2.24, 2.45) is 0 Å². The van der Waals surface area contributed by atoms with Gasteiger partial charge in [0, 0.05) is 11.3 Å². The lowest BCUT2D eigenvalue weighted by Gasteiger charge is -2.54. The third-order valence-corrected chi connectivity index (χ3v) is 6.51. The maximum Gasteiger partial charge on any atom is 0.255 e. The molecule has 7 nitrogen and oxygen atoms in total. The van der Waals surface area contributed by atoms with Crippen molar-refractivity contribution >= 4 is 28.5 Å². The first-order valence-electron chi connectivity index (χ1n) is 11.2. The number of anilines is 1. The van der Waals surface area contributed by atoms with Gasteiger partial charge in [-0.3, -0.25) is 19.3 Å². The number of para-hydroxylation sites is 1. The van der Waals surface area contributed by atoms with E-state index in [2.05, 4.69) is 5.32 Å². The third kappa shape index (κ3) is 3.65. The quantitative estimate of drug-likeness (QED) is 0.439. The van der Waals surface area contributed by atoms with Crippen LogP contribution in [0.1, 0.15) is 34.5 Å². The Morgan fingerprint density at radius 1 is 1.00 bits per heavy atom. The molecule has 1 fully saturated rings. The fourth-order valence-corrected chi connectivity index (χ4v) is 4.55. The van der Waals surface area contributed by atoms with Gasteiger partial charge in [-0.25, -0.2) is 0 Å². The monoisotopic (exact) mass is 468 g/mol. The molecule has 0 spiro atoms. The van der Waals surface area contributed by atoms with Crippen molar-refractivity contribution in [1.29, 1.82) is 0 Å². The molecule has 5 rings (SSSR count). The number of hydrogen-bond donors (Lipinski definition) is 1. The summed E-state index contributed by atoms with van der Waals surface area (Å²) >= 11 is 0. The van der Waals surface area contributed by atoms with Gasteiger partial charge in [-0.05, 0) is 62.4 Å². The van der Waals surface area contributed by atoms with E-state index in [-0.39, 0.29) is 11.3 Å². The molecule has 1 saturated heterocycles. The number of benzene rings is 3. The number of nitrogens with one attached hydrogen (secondary N) is 1. The van der Waals surface area contributed by atoms with E-state index in [9.17, 15) is 14.4 Å². The van der Waals surface area contributed by atoms with Gasteiger partial charge in [0.1, 0.15) is 29.2 Å². The van der Waals surface area contributed by atoms with E-state index in [1.807, 2.05) is 31.2 Å². The highest BCUT2D eigenvalue weighted by Crippen LogP contribution is 2.45. The topological polar surface area (TPSA) is 88.8 Å². The van der Waals surface area contributed by atoms with Crippen LogP contribution in [0.15, 0.2) is 88.3 Å². The van der Waals surface area contributed by atoms with Gasteiger partial charge in [-0.15, -0.1) is 0 Å². The standard InChI is InChI=1S/C28H24N2O5/c1-17-8-12-19(13-9-17)30-25(22-16-35-23-7-5-4-6-21(23)24(22)31)28(2,27(30)33)29-26(32)18-10-14-20(34-3)15-11-18/h4-16,25H,1-3H3,(H,29,32). The van der Waals surface area contributed by atoms with Gasteiger partial charge in [0.05, 0.1) is 18.1 Å². The van der Waals surface area contributed by atoms with Gasteiger partial charge >= 0.3 is 0 Å². The second-order valence-electron chi connectivity index (χ2n) is 8.81. The number of β-lactam (4-membered cyclic amide) rings is 1. The molecule has 0 bridgehead atoms. The van der Waals surface area contributed by atoms with Crippen molar-refractivity contribution in [2.75, 3.05) is 12.0 Å². The summed E-state index contributed by atoms with van der Waals surface area (Å²) in [4.78, 5) is 41.7. The molecule has 0 radical (unpaired) electrons. The number of fused-ring (bicyclic) bond motifs is 1. The van der Waals surface area contributed by atoms with Gasteiger partial charge in [0.15, 0.2) is 5.43 Å². The Labute approximate surface area is 201 Å². The van der Waals surface area contributed by atoms with Crippen LogP contribution in [0.3, 0.4) is 0 Å². The first-order chi connectivity index (χ1) is 16.8. The highest BCUT2D eigenvalue weighted by atomic mass is 16.5. The number of aryl methyl sites for hydroxylation is 1. The molecule has 35 heavy (non-hydrogen) atoms. The van der Waals surface area contributed by atoms with Gasteiger partial charge in [-0.1, -0.05) is 29.8 Å². The summed E-state index contributed by atoms with van der Waals surface area (Å²) < 4.78 is 10.9. The van der Waals surface area contributed by atoms with Crippen molar-refractivity contribution in [2.45, 2.75) is 25.4 Å². The second kappa shape index (κ2) is 8.43. The van der Waals surface area contributed by atoms with E-state index in [4.69, 9.17) is 9.15 Å². The molecule has 2 unspecified atom stereocenters. The van der Waals surface area contributed by atoms with Crippen LogP contribution in [0.5, 0.6) is 5.75 Å². The summed E-state index contributed by atoms with van der Waals surface area (Å²) in [6, 6.07) is 20.2. The summed E-state index contributed by atoms with van der Waals surface area (Å²) in [6.45, 7) is 3.59. The van der Waals surface area contributed by atoms with E-state index in [1.54, 1.807) is 62.6 Å². The fourth-order valence-electron chi connectivity index (χ4n) is 4.55. The van der Waals surface area contributed by atoms with Crippen molar-refractivity contribution in [3.8, 4) is 5.75 Å². The smallest absolute Gasteiger partial charge is 0.255 e. The first-order valence-corrected chi connectivity index (χ1v) is 11.2. The van der Waals surface area contributed by atoms with Gasteiger partial charge in [0.25, 0.3) is 11.8 Å². The molecule has 0 saturated carbocycles. The second-order valence-corrected chi connectivity index (χ2v) is 8.81. The van der Waals surface area contributed by atoms with Gasteiger partial charge < -0.3 is 14.5 Å². The molecule has 1 aliphatic rings. The summed E-state index contributed by atoms with van der Waals surface area (Å²) in [7, 11) is 1.54. The Bertz CT molecular complexity index is 1490. The minimum atomic E-state index is -1.36. The van der Waals surface area contributed by atoms with E-state index in [0.29, 0.717) is 33.5 Å². The summed E-state index contributed by atoms with van der Waals surface area (Å²) in [5.41, 5.74) is 1.19. The predicted molar refractivity (Wildman–Crippen MR) is 133 cm³/mol. The fraction of sp³-hybridized carbons (Fsp3) is 0.179. The zero-order chi connectivity index (χ0) is 24.7. The molecule has 1 N–H and O–H groups in total. The third-order valence-electron chi connectivity index (χ3n) is 6.51. The molecular weight excluding hydrogens is 444 g/mol. The minimum absolute atomic E-state index is 0.244. The van der Waals surface area contributed by atoms with Gasteiger partial charge in [-0.2, -0.15) is 0 Å². The lowest BCUT2D eigenvalue weighted by Crippen LogP contribution is -2.75. The zero-order valence-electron chi connectivity index (χ0n) is 19.6. The Hall–Kier alpha value is -4.39. The number of rotatable bonds is 5. The molecule has 176 valence electrons. The SMILES string of the molecule is COc1ccc(C(=O)NC2(C)C(=O)N(c3ccc(C)cc3)C2c2coc3ccccc3c2=O)cc1. The largest absolute Gasteiger partial charge is 0.497 e. The van der Waals surface area contributed by atoms with Crippen LogP contribution in [0.4, 0.5) is 5.69 Å².